The highest BCUT2D eigenvalue weighted by atomic mass is 16.4. The second kappa shape index (κ2) is 12.0. The van der Waals surface area contributed by atoms with Crippen LogP contribution in [0.5, 0.6) is 0 Å². The number of fused-ring (bicyclic) bond motifs is 1. The third-order valence-electron chi connectivity index (χ3n) is 6.41. The van der Waals surface area contributed by atoms with E-state index in [0.29, 0.717) is 19.4 Å². The Labute approximate surface area is 209 Å². The first-order chi connectivity index (χ1) is 17.1. The van der Waals surface area contributed by atoms with E-state index >= 15 is 0 Å². The molecule has 11 nitrogen and oxygen atoms in total. The van der Waals surface area contributed by atoms with Crippen LogP contribution in [-0.4, -0.2) is 81.1 Å². The average Bonchev–Trinajstić information content (AvgIpc) is 3.49. The fourth-order valence-electron chi connectivity index (χ4n) is 4.56. The fraction of sp³-hybridized carbons (Fsp3) is 0.520. The maximum absolute atomic E-state index is 13.2. The third kappa shape index (κ3) is 6.41. The van der Waals surface area contributed by atoms with Crippen LogP contribution in [0.3, 0.4) is 0 Å². The Morgan fingerprint density at radius 3 is 2.56 bits per heavy atom. The predicted molar refractivity (Wildman–Crippen MR) is 133 cm³/mol. The number of aromatic amines is 1. The van der Waals surface area contributed by atoms with Crippen LogP contribution in [0.1, 0.15) is 38.7 Å². The van der Waals surface area contributed by atoms with Crippen LogP contribution in [0.2, 0.25) is 0 Å². The van der Waals surface area contributed by atoms with Crippen LogP contribution in [0.4, 0.5) is 0 Å². The lowest BCUT2D eigenvalue weighted by Gasteiger charge is -2.28. The molecule has 0 saturated carbocycles. The molecule has 1 saturated heterocycles. The Hall–Kier alpha value is -3.44. The van der Waals surface area contributed by atoms with Crippen LogP contribution < -0.4 is 16.4 Å². The lowest BCUT2D eigenvalue weighted by atomic mass is 10.0. The minimum atomic E-state index is -1.20. The molecule has 196 valence electrons. The van der Waals surface area contributed by atoms with E-state index < -0.39 is 54.5 Å². The molecule has 2 heterocycles. The first-order valence-corrected chi connectivity index (χ1v) is 12.2. The molecule has 4 atom stereocenters. The van der Waals surface area contributed by atoms with Crippen molar-refractivity contribution in [2.24, 2.45) is 11.7 Å². The Kier molecular flexibility index (Phi) is 9.05. The van der Waals surface area contributed by atoms with E-state index in [2.05, 4.69) is 15.6 Å². The van der Waals surface area contributed by atoms with Gasteiger partial charge in [0.1, 0.15) is 24.2 Å². The van der Waals surface area contributed by atoms with Gasteiger partial charge in [0.25, 0.3) is 0 Å². The number of aromatic nitrogens is 1. The van der Waals surface area contributed by atoms with Gasteiger partial charge in [0.15, 0.2) is 0 Å². The molecule has 36 heavy (non-hydrogen) atoms. The van der Waals surface area contributed by atoms with Crippen LogP contribution in [0.15, 0.2) is 30.5 Å². The maximum Gasteiger partial charge on any atom is 0.326 e. The summed E-state index contributed by atoms with van der Waals surface area (Å²) in [6.07, 6.45) is 3.08. The van der Waals surface area contributed by atoms with E-state index in [9.17, 15) is 29.4 Å². The summed E-state index contributed by atoms with van der Waals surface area (Å²) >= 11 is 0. The lowest BCUT2D eigenvalue weighted by molar-refractivity contribution is -0.143. The number of hydrogen-bond donors (Lipinski definition) is 6. The number of carbonyl (C=O) groups excluding carboxylic acids is 3. The van der Waals surface area contributed by atoms with Crippen molar-refractivity contribution in [1.29, 1.82) is 0 Å². The van der Waals surface area contributed by atoms with E-state index in [4.69, 9.17) is 5.73 Å². The zero-order chi connectivity index (χ0) is 26.4. The summed E-state index contributed by atoms with van der Waals surface area (Å²) in [6, 6.07) is 3.38. The normalized spacial score (nSPS) is 18.1. The van der Waals surface area contributed by atoms with E-state index in [1.165, 1.54) is 4.90 Å². The molecule has 3 rings (SSSR count). The first-order valence-electron chi connectivity index (χ1n) is 12.2. The molecule has 4 unspecified atom stereocenters. The van der Waals surface area contributed by atoms with Crippen LogP contribution in [0, 0.1) is 5.92 Å². The highest BCUT2D eigenvalue weighted by Crippen LogP contribution is 2.21. The zero-order valence-electron chi connectivity index (χ0n) is 20.6. The van der Waals surface area contributed by atoms with Gasteiger partial charge < -0.3 is 36.5 Å². The smallest absolute Gasteiger partial charge is 0.326 e. The van der Waals surface area contributed by atoms with Gasteiger partial charge in [-0.15, -0.1) is 0 Å². The number of nitrogens with one attached hydrogen (secondary N) is 3. The molecule has 0 bridgehead atoms. The van der Waals surface area contributed by atoms with Gasteiger partial charge in [-0.05, 0) is 36.8 Å². The first kappa shape index (κ1) is 27.2. The number of benzene rings is 1. The van der Waals surface area contributed by atoms with Crippen molar-refractivity contribution in [1.82, 2.24) is 20.5 Å². The number of carbonyl (C=O) groups is 4. The van der Waals surface area contributed by atoms with Gasteiger partial charge in [-0.2, -0.15) is 0 Å². The van der Waals surface area contributed by atoms with Crippen molar-refractivity contribution >= 4 is 34.6 Å². The number of hydrogen-bond acceptors (Lipinski definition) is 6. The monoisotopic (exact) mass is 501 g/mol. The topological polar surface area (TPSA) is 178 Å². The number of para-hydroxylation sites is 1. The standard InChI is InChI=1S/C25H35N5O6/c1-14(2)10-19(28-23(33)21-8-5-9-30(21)24(34)17(26)13-31)22(32)29-20(25(35)36)11-15-12-27-18-7-4-3-6-16(15)18/h3-4,6-7,12,14,17,19-21,27,31H,5,8-11,13,26H2,1-2H3,(H,28,33)(H,29,32)(H,35,36). The second-order valence-electron chi connectivity index (χ2n) is 9.63. The fourth-order valence-corrected chi connectivity index (χ4v) is 4.56. The Morgan fingerprint density at radius 1 is 1.17 bits per heavy atom. The Balaban J connectivity index is 1.72. The largest absolute Gasteiger partial charge is 0.480 e. The molecule has 0 spiro atoms. The molecule has 0 aliphatic carbocycles. The molecule has 1 fully saturated rings. The molecule has 3 amide bonds. The summed E-state index contributed by atoms with van der Waals surface area (Å²) in [6.45, 7) is 3.57. The van der Waals surface area contributed by atoms with Crippen molar-refractivity contribution in [2.45, 2.75) is 63.7 Å². The Bertz CT molecular complexity index is 1100. The van der Waals surface area contributed by atoms with Crippen LogP contribution >= 0.6 is 0 Å². The number of H-pyrrole nitrogens is 1. The van der Waals surface area contributed by atoms with Crippen LogP contribution in [-0.2, 0) is 25.6 Å². The van der Waals surface area contributed by atoms with E-state index in [0.717, 1.165) is 16.5 Å². The molecule has 0 radical (unpaired) electrons. The minimum absolute atomic E-state index is 0.0297. The number of aliphatic hydroxyl groups excluding tert-OH is 1. The van der Waals surface area contributed by atoms with E-state index in [1.807, 2.05) is 38.1 Å². The van der Waals surface area contributed by atoms with Gasteiger partial charge >= 0.3 is 5.97 Å². The number of aliphatic hydroxyl groups is 1. The number of likely N-dealkylation sites (tertiary alicyclic amines) is 1. The summed E-state index contributed by atoms with van der Waals surface area (Å²) in [4.78, 5) is 55.1. The van der Waals surface area contributed by atoms with Gasteiger partial charge in [-0.3, -0.25) is 14.4 Å². The quantitative estimate of drug-likeness (QED) is 0.253. The van der Waals surface area contributed by atoms with Gasteiger partial charge in [0.2, 0.25) is 17.7 Å². The minimum Gasteiger partial charge on any atom is -0.480 e. The summed E-state index contributed by atoms with van der Waals surface area (Å²) in [5.74, 6) is -2.79. The lowest BCUT2D eigenvalue weighted by Crippen LogP contribution is -2.57. The Morgan fingerprint density at radius 2 is 1.89 bits per heavy atom. The molecule has 1 aliphatic heterocycles. The highest BCUT2D eigenvalue weighted by Gasteiger charge is 2.38. The van der Waals surface area contributed by atoms with Crippen molar-refractivity contribution in [3.8, 4) is 0 Å². The number of aliphatic carboxylic acids is 1. The van der Waals surface area contributed by atoms with Crippen molar-refractivity contribution in [3.05, 3.63) is 36.0 Å². The highest BCUT2D eigenvalue weighted by molar-refractivity contribution is 5.94. The summed E-state index contributed by atoms with van der Waals surface area (Å²) in [7, 11) is 0. The third-order valence-corrected chi connectivity index (χ3v) is 6.41. The molecule has 11 heteroatoms. The maximum atomic E-state index is 13.2. The van der Waals surface area contributed by atoms with Crippen LogP contribution in [0.25, 0.3) is 10.9 Å². The number of nitrogens with zero attached hydrogens (tertiary/aromatic N) is 1. The van der Waals surface area contributed by atoms with E-state index in [-0.39, 0.29) is 18.8 Å². The van der Waals surface area contributed by atoms with Gasteiger partial charge in [-0.25, -0.2) is 4.79 Å². The summed E-state index contributed by atoms with van der Waals surface area (Å²) < 4.78 is 0. The molecule has 2 aromatic rings. The number of rotatable bonds is 11. The molecule has 7 N–H and O–H groups in total. The number of amides is 3. The number of carboxylic acid groups (broad SMARTS) is 1. The SMILES string of the molecule is CC(C)CC(NC(=O)C1CCCN1C(=O)C(N)CO)C(=O)NC(Cc1c[nH]c2ccccc12)C(=O)O. The predicted octanol–water partition coefficient (Wildman–Crippen LogP) is 0.121. The molecule has 1 aliphatic rings. The van der Waals surface area contributed by atoms with Crippen molar-refractivity contribution < 1.29 is 29.4 Å². The van der Waals surface area contributed by atoms with E-state index in [1.54, 1.807) is 6.20 Å². The number of carboxylic acids is 1. The van der Waals surface area contributed by atoms with Crippen molar-refractivity contribution in [3.63, 3.8) is 0 Å². The second-order valence-corrected chi connectivity index (χ2v) is 9.63. The molecular weight excluding hydrogens is 466 g/mol. The zero-order valence-corrected chi connectivity index (χ0v) is 20.6. The van der Waals surface area contributed by atoms with Gasteiger partial charge in [-0.1, -0.05) is 32.0 Å². The molecular formula is C25H35N5O6. The number of nitrogens with two attached hydrogens (primary N) is 1. The summed E-state index contributed by atoms with van der Waals surface area (Å²) in [5, 5.41) is 25.2. The van der Waals surface area contributed by atoms with Crippen molar-refractivity contribution in [2.75, 3.05) is 13.2 Å². The molecule has 1 aromatic heterocycles. The average molecular weight is 502 g/mol. The van der Waals surface area contributed by atoms with Gasteiger partial charge in [0.05, 0.1) is 6.61 Å². The molecule has 1 aromatic carbocycles. The van der Waals surface area contributed by atoms with Gasteiger partial charge in [0, 0.05) is 30.1 Å². The summed E-state index contributed by atoms with van der Waals surface area (Å²) in [5.41, 5.74) is 7.27.